The summed E-state index contributed by atoms with van der Waals surface area (Å²) in [5.74, 6) is -5.39. The molecule has 0 N–H and O–H groups in total. The number of ether oxygens (including phenoxy) is 1. The van der Waals surface area contributed by atoms with Crippen LogP contribution in [0, 0.1) is 11.6 Å². The second kappa shape index (κ2) is 4.25. The lowest BCUT2D eigenvalue weighted by Gasteiger charge is -2.20. The van der Waals surface area contributed by atoms with Crippen LogP contribution in [0.25, 0.3) is 0 Å². The van der Waals surface area contributed by atoms with Gasteiger partial charge in [0.25, 0.3) is 0 Å². The molecule has 0 spiro atoms. The smallest absolute Gasteiger partial charge is 0.423 e. The minimum atomic E-state index is -6.05. The summed E-state index contributed by atoms with van der Waals surface area (Å²) in [4.78, 5) is 0. The molecule has 0 aromatic heterocycles. The van der Waals surface area contributed by atoms with Crippen molar-refractivity contribution in [2.24, 2.45) is 0 Å². The molecule has 1 aromatic carbocycles. The highest BCUT2D eigenvalue weighted by Gasteiger charge is 2.61. The van der Waals surface area contributed by atoms with Crippen LogP contribution in [0.1, 0.15) is 0 Å². The van der Waals surface area contributed by atoms with Gasteiger partial charge < -0.3 is 4.74 Å². The highest BCUT2D eigenvalue weighted by atomic mass is 35.5. The fourth-order valence-corrected chi connectivity index (χ4v) is 0.929. The number of hydrogen-bond acceptors (Lipinski definition) is 1. The van der Waals surface area contributed by atoms with Crippen molar-refractivity contribution in [2.75, 3.05) is 0 Å². The van der Waals surface area contributed by atoms with Gasteiger partial charge in [0.05, 0.1) is 5.02 Å². The molecule has 9 heteroatoms. The molecule has 0 radical (unpaired) electrons. The molecule has 17 heavy (non-hydrogen) atoms. The summed E-state index contributed by atoms with van der Waals surface area (Å²) < 4.78 is 88.6. The van der Waals surface area contributed by atoms with Crippen molar-refractivity contribution in [1.82, 2.24) is 0 Å². The molecule has 1 aromatic rings. The number of hydrogen-bond donors (Lipinski definition) is 0. The Kier molecular flexibility index (Phi) is 3.47. The Hall–Kier alpha value is -1.18. The lowest BCUT2D eigenvalue weighted by molar-refractivity contribution is -0.361. The van der Waals surface area contributed by atoms with Gasteiger partial charge in [0, 0.05) is 0 Å². The van der Waals surface area contributed by atoms with E-state index in [0.29, 0.717) is 12.1 Å². The Bertz CT molecular complexity index is 429. The van der Waals surface area contributed by atoms with Crippen LogP contribution in [0.15, 0.2) is 12.1 Å². The zero-order valence-corrected chi connectivity index (χ0v) is 8.34. The minimum absolute atomic E-state index is 0.362. The molecule has 0 fully saturated rings. The normalized spacial score (nSPS) is 12.7. The van der Waals surface area contributed by atoms with E-state index >= 15 is 0 Å². The van der Waals surface area contributed by atoms with E-state index in [1.807, 2.05) is 0 Å². The van der Waals surface area contributed by atoms with Gasteiger partial charge in [-0.15, -0.1) is 0 Å². The number of rotatable bonds is 2. The first kappa shape index (κ1) is 13.9. The fraction of sp³-hybridized carbons (Fsp3) is 0.250. The predicted molar refractivity (Wildman–Crippen MR) is 43.0 cm³/mol. The summed E-state index contributed by atoms with van der Waals surface area (Å²) in [6, 6.07) is 0.947. The summed E-state index contributed by atoms with van der Waals surface area (Å²) in [5.41, 5.74) is 0. The van der Waals surface area contributed by atoms with Crippen molar-refractivity contribution < 1.29 is 35.5 Å². The largest absolute Gasteiger partial charge is 0.499 e. The van der Waals surface area contributed by atoms with Crippen LogP contribution < -0.4 is 4.74 Å². The standard InChI is InChI=1S/C8H2ClF7O/c9-3-1-2-4(6(11)5(3)10)17-8(15,16)7(12,13)14/h1-2H. The van der Waals surface area contributed by atoms with Crippen molar-refractivity contribution in [1.29, 1.82) is 0 Å². The first-order chi connectivity index (χ1) is 7.56. The van der Waals surface area contributed by atoms with Gasteiger partial charge >= 0.3 is 12.3 Å². The second-order valence-corrected chi connectivity index (χ2v) is 3.20. The summed E-state index contributed by atoms with van der Waals surface area (Å²) in [5, 5.41) is -0.773. The maximum atomic E-state index is 12.9. The third kappa shape index (κ3) is 2.74. The van der Waals surface area contributed by atoms with Crippen LogP contribution >= 0.6 is 11.6 Å². The van der Waals surface area contributed by atoms with Crippen molar-refractivity contribution in [2.45, 2.75) is 12.3 Å². The maximum Gasteiger partial charge on any atom is 0.499 e. The van der Waals surface area contributed by atoms with Crippen molar-refractivity contribution in [3.63, 3.8) is 0 Å². The summed E-state index contributed by atoms with van der Waals surface area (Å²) in [6.07, 6.45) is -11.7. The quantitative estimate of drug-likeness (QED) is 0.585. The van der Waals surface area contributed by atoms with Crippen molar-refractivity contribution >= 4 is 11.6 Å². The number of benzene rings is 1. The second-order valence-electron chi connectivity index (χ2n) is 2.79. The molecular formula is C8H2ClF7O. The molecule has 0 heterocycles. The third-order valence-corrected chi connectivity index (χ3v) is 1.86. The maximum absolute atomic E-state index is 12.9. The zero-order chi connectivity index (χ0) is 13.4. The summed E-state index contributed by atoms with van der Waals surface area (Å²) in [7, 11) is 0. The van der Waals surface area contributed by atoms with E-state index in [1.54, 1.807) is 0 Å². The van der Waals surface area contributed by atoms with Crippen LogP contribution in [-0.2, 0) is 0 Å². The monoisotopic (exact) mass is 282 g/mol. The van der Waals surface area contributed by atoms with E-state index < -0.39 is 34.7 Å². The molecule has 0 bridgehead atoms. The molecule has 0 aliphatic carbocycles. The molecule has 0 amide bonds. The summed E-state index contributed by atoms with van der Waals surface area (Å²) in [6.45, 7) is 0. The van der Waals surface area contributed by atoms with Gasteiger partial charge in [0.1, 0.15) is 0 Å². The van der Waals surface area contributed by atoms with Gasteiger partial charge in [0.15, 0.2) is 11.6 Å². The molecule has 0 unspecified atom stereocenters. The summed E-state index contributed by atoms with van der Waals surface area (Å²) >= 11 is 5.07. The first-order valence-electron chi connectivity index (χ1n) is 3.83. The van der Waals surface area contributed by atoms with E-state index in [2.05, 4.69) is 4.74 Å². The molecule has 0 atom stereocenters. The zero-order valence-electron chi connectivity index (χ0n) is 7.59. The van der Waals surface area contributed by atoms with Gasteiger partial charge in [-0.2, -0.15) is 26.3 Å². The third-order valence-electron chi connectivity index (χ3n) is 1.57. The van der Waals surface area contributed by atoms with E-state index in [4.69, 9.17) is 11.6 Å². The van der Waals surface area contributed by atoms with Crippen molar-refractivity contribution in [3.05, 3.63) is 28.8 Å². The molecule has 0 saturated heterocycles. The highest BCUT2D eigenvalue weighted by molar-refractivity contribution is 6.30. The topological polar surface area (TPSA) is 9.23 Å². The van der Waals surface area contributed by atoms with Crippen LogP contribution in [0.2, 0.25) is 5.02 Å². The Morgan fingerprint density at radius 1 is 0.941 bits per heavy atom. The Labute approximate surface area is 94.7 Å². The predicted octanol–water partition coefficient (Wildman–Crippen LogP) is 4.15. The Morgan fingerprint density at radius 2 is 1.47 bits per heavy atom. The van der Waals surface area contributed by atoms with E-state index in [-0.39, 0.29) is 0 Å². The number of halogens is 8. The highest BCUT2D eigenvalue weighted by Crippen LogP contribution is 2.38. The van der Waals surface area contributed by atoms with E-state index in [0.717, 1.165) is 0 Å². The van der Waals surface area contributed by atoms with Gasteiger partial charge in [-0.25, -0.2) is 4.39 Å². The molecule has 1 nitrogen and oxygen atoms in total. The van der Waals surface area contributed by atoms with E-state index in [1.165, 1.54) is 0 Å². The SMILES string of the molecule is Fc1c(Cl)ccc(OC(F)(F)C(F)(F)F)c1F. The molecule has 0 aliphatic rings. The lowest BCUT2D eigenvalue weighted by Crippen LogP contribution is -2.42. The minimum Gasteiger partial charge on any atom is -0.423 e. The van der Waals surface area contributed by atoms with Gasteiger partial charge in [-0.05, 0) is 12.1 Å². The molecule has 0 saturated carbocycles. The first-order valence-corrected chi connectivity index (χ1v) is 4.21. The van der Waals surface area contributed by atoms with Gasteiger partial charge in [-0.1, -0.05) is 11.6 Å². The molecule has 0 aliphatic heterocycles. The fourth-order valence-electron chi connectivity index (χ4n) is 0.783. The molecule has 96 valence electrons. The lowest BCUT2D eigenvalue weighted by atomic mass is 10.3. The van der Waals surface area contributed by atoms with Gasteiger partial charge in [-0.3, -0.25) is 0 Å². The molecular weight excluding hydrogens is 281 g/mol. The van der Waals surface area contributed by atoms with Crippen LogP contribution in [0.3, 0.4) is 0 Å². The Morgan fingerprint density at radius 3 is 1.94 bits per heavy atom. The van der Waals surface area contributed by atoms with Crippen LogP contribution in [-0.4, -0.2) is 12.3 Å². The average molecular weight is 283 g/mol. The average Bonchev–Trinajstić information content (AvgIpc) is 2.17. The van der Waals surface area contributed by atoms with Gasteiger partial charge in [0.2, 0.25) is 5.82 Å². The molecule has 1 rings (SSSR count). The Balaban J connectivity index is 3.09. The number of alkyl halides is 5. The van der Waals surface area contributed by atoms with E-state index in [9.17, 15) is 30.7 Å². The van der Waals surface area contributed by atoms with Crippen LogP contribution in [0.4, 0.5) is 30.7 Å². The van der Waals surface area contributed by atoms with Crippen LogP contribution in [0.5, 0.6) is 5.75 Å². The van der Waals surface area contributed by atoms with Crippen molar-refractivity contribution in [3.8, 4) is 5.75 Å².